The number of alkyl halides is 5. The Hall–Kier alpha value is -4.99. The third-order valence-corrected chi connectivity index (χ3v) is 7.73. The van der Waals surface area contributed by atoms with Crippen LogP contribution in [0.5, 0.6) is 23.1 Å². The average Bonchev–Trinajstić information content (AvgIpc) is 3.32. The molecule has 0 saturated carbocycles. The predicted octanol–water partition coefficient (Wildman–Crippen LogP) is 7.83. The Morgan fingerprint density at radius 1 is 1.04 bits per heavy atom. The lowest BCUT2D eigenvalue weighted by Gasteiger charge is -2.12. The summed E-state index contributed by atoms with van der Waals surface area (Å²) in [6, 6.07) is 7.17. The molecule has 0 atom stereocenters. The van der Waals surface area contributed by atoms with Crippen molar-refractivity contribution in [3.8, 4) is 34.4 Å². The normalized spacial score (nSPS) is 11.4. The van der Waals surface area contributed by atoms with Crippen LogP contribution in [0.15, 0.2) is 48.5 Å². The van der Waals surface area contributed by atoms with Crippen LogP contribution < -0.4 is 18.9 Å². The number of carbonyl (C=O) groups excluding carboxylic acids is 2. The first-order valence-electron chi connectivity index (χ1n) is 14.3. The Morgan fingerprint density at radius 2 is 1.69 bits per heavy atom. The van der Waals surface area contributed by atoms with Crippen molar-refractivity contribution in [2.75, 3.05) is 19.5 Å². The summed E-state index contributed by atoms with van der Waals surface area (Å²) in [6.45, 7) is -1.78. The molecule has 4 rings (SSSR count). The molecule has 1 N–H and O–H groups in total. The molecule has 1 heterocycles. The summed E-state index contributed by atoms with van der Waals surface area (Å²) in [6.07, 6.45) is -3.94. The van der Waals surface area contributed by atoms with Crippen LogP contribution in [-0.4, -0.2) is 61.1 Å². The van der Waals surface area contributed by atoms with Gasteiger partial charge < -0.3 is 18.9 Å². The second-order valence-electron chi connectivity index (χ2n) is 10.2. The van der Waals surface area contributed by atoms with Crippen LogP contribution >= 0.6 is 34.8 Å². The number of hydrogen-bond donors (Lipinski definition) is 1. The number of carbonyl (C=O) groups is 2. The number of ether oxygens (including phenoxy) is 4. The molecule has 14 nitrogen and oxygen atoms in total. The Labute approximate surface area is 315 Å². The van der Waals surface area contributed by atoms with E-state index in [4.69, 9.17) is 49.0 Å². The zero-order valence-electron chi connectivity index (χ0n) is 27.3. The van der Waals surface area contributed by atoms with E-state index in [1.165, 1.54) is 7.05 Å². The standard InChI is InChI=1S/C15H13Cl2F3N2O4.C15H10ClF3N2O6S/c1-3-24-11(23)6-25-10-4-7(9(18)5-8(10)16)13-12(17)14(22(2)21-13)26-15(19)20;1-28(25,26)20-14(22)10-7-9(3-4-12(10)21(23)24)27-13-5-2-8(6-11(13)16)15(17,18)19/h4-5,15H,3,6H2,1-2H3;2-7H,1H3,(H,20,22). The molecule has 54 heavy (non-hydrogen) atoms. The molecule has 3 aromatic carbocycles. The summed E-state index contributed by atoms with van der Waals surface area (Å²) in [5.41, 5.74) is -2.66. The van der Waals surface area contributed by atoms with Crippen LogP contribution in [0, 0.1) is 15.9 Å². The van der Waals surface area contributed by atoms with Crippen LogP contribution in [0.3, 0.4) is 0 Å². The number of nitrogens with one attached hydrogen (secondary N) is 1. The molecule has 0 unspecified atom stereocenters. The molecule has 24 heteroatoms. The highest BCUT2D eigenvalue weighted by Gasteiger charge is 2.31. The number of benzene rings is 3. The Kier molecular flexibility index (Phi) is 14.4. The van der Waals surface area contributed by atoms with Gasteiger partial charge in [-0.1, -0.05) is 34.8 Å². The number of rotatable bonds is 12. The molecule has 0 fully saturated rings. The molecule has 0 bridgehead atoms. The number of halogens is 9. The smallest absolute Gasteiger partial charge is 0.416 e. The summed E-state index contributed by atoms with van der Waals surface area (Å²) in [4.78, 5) is 33.5. The number of amides is 1. The van der Waals surface area contributed by atoms with Crippen LogP contribution in [0.25, 0.3) is 11.3 Å². The van der Waals surface area contributed by atoms with Crippen LogP contribution in [0.4, 0.5) is 32.0 Å². The first-order chi connectivity index (χ1) is 25.0. The minimum atomic E-state index is -4.62. The molecule has 1 amide bonds. The summed E-state index contributed by atoms with van der Waals surface area (Å²) in [5.74, 6) is -3.60. The maximum absolute atomic E-state index is 14.3. The van der Waals surface area contributed by atoms with Gasteiger partial charge in [0.15, 0.2) is 6.61 Å². The van der Waals surface area contributed by atoms with Crippen molar-refractivity contribution in [2.45, 2.75) is 19.7 Å². The summed E-state index contributed by atoms with van der Waals surface area (Å²) in [5, 5.41) is 14.1. The van der Waals surface area contributed by atoms with Gasteiger partial charge in [0.1, 0.15) is 39.3 Å². The Bertz CT molecular complexity index is 2170. The van der Waals surface area contributed by atoms with Gasteiger partial charge in [0, 0.05) is 24.7 Å². The lowest BCUT2D eigenvalue weighted by molar-refractivity contribution is -0.385. The van der Waals surface area contributed by atoms with Gasteiger partial charge in [0.05, 0.1) is 33.4 Å². The summed E-state index contributed by atoms with van der Waals surface area (Å²) in [7, 11) is -2.70. The summed E-state index contributed by atoms with van der Waals surface area (Å²) >= 11 is 17.6. The number of nitro groups is 1. The van der Waals surface area contributed by atoms with Crippen molar-refractivity contribution < 1.29 is 68.2 Å². The molecule has 0 spiro atoms. The van der Waals surface area contributed by atoms with Crippen molar-refractivity contribution in [1.82, 2.24) is 14.5 Å². The number of esters is 1. The zero-order valence-corrected chi connectivity index (χ0v) is 30.4. The van der Waals surface area contributed by atoms with Gasteiger partial charge in [-0.3, -0.25) is 14.9 Å². The largest absolute Gasteiger partial charge is 0.480 e. The first-order valence-corrected chi connectivity index (χ1v) is 17.3. The Morgan fingerprint density at radius 3 is 2.24 bits per heavy atom. The molecule has 4 aromatic rings. The van der Waals surface area contributed by atoms with Gasteiger partial charge >= 0.3 is 18.8 Å². The van der Waals surface area contributed by atoms with E-state index in [2.05, 4.69) is 9.84 Å². The van der Waals surface area contributed by atoms with Crippen LogP contribution in [0.2, 0.25) is 15.1 Å². The fraction of sp³-hybridized carbons (Fsp3) is 0.233. The van der Waals surface area contributed by atoms with E-state index in [0.717, 1.165) is 41.1 Å². The number of nitro benzene ring substituents is 1. The molecule has 0 aliphatic carbocycles. The van der Waals surface area contributed by atoms with E-state index in [-0.39, 0.29) is 45.2 Å². The maximum atomic E-state index is 14.3. The van der Waals surface area contributed by atoms with Crippen LogP contribution in [0.1, 0.15) is 22.8 Å². The maximum Gasteiger partial charge on any atom is 0.416 e. The third kappa shape index (κ3) is 11.8. The number of hydrogen-bond acceptors (Lipinski definition) is 11. The average molecular weight is 852 g/mol. The molecular formula is C30H23Cl3F6N4O10S. The first kappa shape index (κ1) is 43.4. The highest BCUT2D eigenvalue weighted by Crippen LogP contribution is 2.40. The molecule has 0 radical (unpaired) electrons. The van der Waals surface area contributed by atoms with Gasteiger partial charge in [0.25, 0.3) is 11.6 Å². The van der Waals surface area contributed by atoms with Gasteiger partial charge in [-0.25, -0.2) is 27.0 Å². The lowest BCUT2D eigenvalue weighted by Crippen LogP contribution is -2.29. The Balaban J connectivity index is 0.000000291. The zero-order chi connectivity index (χ0) is 40.7. The SMILES string of the molecule is CCOC(=O)COc1cc(-c2nn(C)c(OC(F)F)c2Cl)c(F)cc1Cl.CS(=O)(=O)NC(=O)c1cc(Oc2ccc(C(F)(F)F)cc2Cl)ccc1[N+](=O)[O-]. The molecule has 0 saturated heterocycles. The second kappa shape index (κ2) is 17.9. The van der Waals surface area contributed by atoms with E-state index in [9.17, 15) is 54.5 Å². The fourth-order valence-corrected chi connectivity index (χ4v) is 5.23. The highest BCUT2D eigenvalue weighted by molar-refractivity contribution is 7.89. The molecule has 0 aliphatic rings. The van der Waals surface area contributed by atoms with Gasteiger partial charge in [-0.15, -0.1) is 0 Å². The van der Waals surface area contributed by atoms with Crippen molar-refractivity contribution in [3.05, 3.63) is 90.7 Å². The topological polar surface area (TPSA) is 178 Å². The minimum Gasteiger partial charge on any atom is -0.480 e. The van der Waals surface area contributed by atoms with E-state index >= 15 is 0 Å². The van der Waals surface area contributed by atoms with Crippen molar-refractivity contribution in [1.29, 1.82) is 0 Å². The third-order valence-electron chi connectivity index (χ3n) is 6.24. The summed E-state index contributed by atoms with van der Waals surface area (Å²) < 4.78 is 122. The lowest BCUT2D eigenvalue weighted by atomic mass is 10.1. The second-order valence-corrected chi connectivity index (χ2v) is 13.2. The number of aromatic nitrogens is 2. The van der Waals surface area contributed by atoms with Crippen LogP contribution in [-0.2, 0) is 32.8 Å². The number of nitrogens with zero attached hydrogens (tertiary/aromatic N) is 3. The minimum absolute atomic E-state index is 0.0332. The molecule has 1 aromatic heterocycles. The predicted molar refractivity (Wildman–Crippen MR) is 179 cm³/mol. The number of aryl methyl sites for hydroxylation is 1. The monoisotopic (exact) mass is 850 g/mol. The van der Waals surface area contributed by atoms with E-state index < -0.39 is 79.8 Å². The molecule has 0 aliphatic heterocycles. The van der Waals surface area contributed by atoms with Crippen molar-refractivity contribution in [3.63, 3.8) is 0 Å². The van der Waals surface area contributed by atoms with E-state index in [1.807, 2.05) is 0 Å². The fourth-order valence-electron chi connectivity index (χ4n) is 4.06. The van der Waals surface area contributed by atoms with Crippen molar-refractivity contribution in [2.24, 2.45) is 7.05 Å². The van der Waals surface area contributed by atoms with E-state index in [1.54, 1.807) is 11.6 Å². The highest BCUT2D eigenvalue weighted by atomic mass is 35.5. The van der Waals surface area contributed by atoms with Gasteiger partial charge in [0.2, 0.25) is 15.9 Å². The number of sulfonamides is 1. The van der Waals surface area contributed by atoms with Gasteiger partial charge in [-0.05, 0) is 43.3 Å². The quantitative estimate of drug-likeness (QED) is 0.0636. The van der Waals surface area contributed by atoms with Crippen molar-refractivity contribution >= 4 is 62.4 Å². The van der Waals surface area contributed by atoms with E-state index in [0.29, 0.717) is 18.4 Å². The van der Waals surface area contributed by atoms with Gasteiger partial charge in [-0.2, -0.15) is 27.1 Å². The molecular weight excluding hydrogens is 829 g/mol. The molecule has 292 valence electrons.